The summed E-state index contributed by atoms with van der Waals surface area (Å²) in [5.41, 5.74) is 3.83. The number of aromatic nitrogens is 3. The van der Waals surface area contributed by atoms with Crippen molar-refractivity contribution in [1.29, 1.82) is 0 Å². The van der Waals surface area contributed by atoms with Gasteiger partial charge in [0, 0.05) is 12.1 Å². The Bertz CT molecular complexity index is 1750. The van der Waals surface area contributed by atoms with Gasteiger partial charge in [-0.05, 0) is 72.4 Å². The Balaban J connectivity index is 1.20. The third-order valence-corrected chi connectivity index (χ3v) is 7.74. The molecule has 0 spiro atoms. The average molecular weight is 641 g/mol. The van der Waals surface area contributed by atoms with Gasteiger partial charge in [0.2, 0.25) is 5.91 Å². The maximum atomic E-state index is 15.0. The van der Waals surface area contributed by atoms with E-state index in [4.69, 9.17) is 0 Å². The first-order chi connectivity index (χ1) is 21.4. The maximum Gasteiger partial charge on any atom is 0.573 e. The lowest BCUT2D eigenvalue weighted by molar-refractivity contribution is -0.274. The highest BCUT2D eigenvalue weighted by Crippen LogP contribution is 2.34. The first kappa shape index (κ1) is 31.7. The van der Waals surface area contributed by atoms with Gasteiger partial charge < -0.3 is 10.1 Å². The molecule has 234 valence electrons. The molecule has 3 aromatic carbocycles. The van der Waals surface area contributed by atoms with E-state index in [0.717, 1.165) is 23.3 Å². The van der Waals surface area contributed by atoms with Crippen LogP contribution in [0.2, 0.25) is 0 Å². The number of anilines is 1. The van der Waals surface area contributed by atoms with Crippen molar-refractivity contribution in [3.8, 4) is 22.8 Å². The van der Waals surface area contributed by atoms with Crippen molar-refractivity contribution in [1.82, 2.24) is 20.1 Å². The number of amides is 3. The van der Waals surface area contributed by atoms with Crippen LogP contribution in [-0.2, 0) is 11.2 Å². The number of hydrogen-bond donors (Lipinski definition) is 1. The Morgan fingerprint density at radius 1 is 1.11 bits per heavy atom. The van der Waals surface area contributed by atoms with Crippen LogP contribution in [0.3, 0.4) is 0 Å². The van der Waals surface area contributed by atoms with Gasteiger partial charge in [-0.15, -0.1) is 18.3 Å². The van der Waals surface area contributed by atoms with Crippen LogP contribution in [0.4, 0.5) is 28.0 Å². The van der Waals surface area contributed by atoms with E-state index in [-0.39, 0.29) is 47.3 Å². The molecule has 0 radical (unpaired) electrons. The van der Waals surface area contributed by atoms with Gasteiger partial charge in [0.15, 0.2) is 11.0 Å². The fourth-order valence-electron chi connectivity index (χ4n) is 4.66. The number of urea groups is 1. The summed E-state index contributed by atoms with van der Waals surface area (Å²) in [4.78, 5) is 35.2. The van der Waals surface area contributed by atoms with E-state index >= 15 is 0 Å². The number of aryl methyl sites for hydroxylation is 1. The molecule has 0 unspecified atom stereocenters. The summed E-state index contributed by atoms with van der Waals surface area (Å²) in [6.45, 7) is 6.10. The number of thioether (sulfide) groups is 1. The molecule has 45 heavy (non-hydrogen) atoms. The highest BCUT2D eigenvalue weighted by Gasteiger charge is 2.33. The van der Waals surface area contributed by atoms with Gasteiger partial charge in [0.05, 0.1) is 17.1 Å². The number of halogens is 4. The molecule has 14 heteroatoms. The van der Waals surface area contributed by atoms with Gasteiger partial charge >= 0.3 is 12.4 Å². The van der Waals surface area contributed by atoms with Gasteiger partial charge in [0.25, 0.3) is 0 Å². The topological polar surface area (TPSA) is 102 Å². The van der Waals surface area contributed by atoms with E-state index in [1.807, 2.05) is 39.0 Å². The summed E-state index contributed by atoms with van der Waals surface area (Å²) in [6.07, 6.45) is -3.25. The van der Waals surface area contributed by atoms with Crippen LogP contribution < -0.4 is 15.0 Å². The van der Waals surface area contributed by atoms with Crippen molar-refractivity contribution in [2.75, 3.05) is 17.2 Å². The van der Waals surface area contributed by atoms with Crippen LogP contribution >= 0.6 is 11.8 Å². The molecule has 5 rings (SSSR count). The number of alkyl halides is 3. The number of rotatable bonds is 8. The second-order valence-corrected chi connectivity index (χ2v) is 11.4. The summed E-state index contributed by atoms with van der Waals surface area (Å²) >= 11 is 1.19. The summed E-state index contributed by atoms with van der Waals surface area (Å²) in [5.74, 6) is -0.515. The van der Waals surface area contributed by atoms with Crippen LogP contribution in [0.5, 0.6) is 5.75 Å². The zero-order chi connectivity index (χ0) is 32.3. The largest absolute Gasteiger partial charge is 0.573 e. The number of aliphatic imine (C=N–C) groups is 1. The number of amidine groups is 1. The molecule has 0 saturated carbocycles. The zero-order valence-electron chi connectivity index (χ0n) is 24.4. The third-order valence-electron chi connectivity index (χ3n) is 6.82. The van der Waals surface area contributed by atoms with E-state index in [2.05, 4.69) is 25.1 Å². The van der Waals surface area contributed by atoms with Crippen molar-refractivity contribution < 1.29 is 31.9 Å². The van der Waals surface area contributed by atoms with Crippen molar-refractivity contribution in [3.05, 3.63) is 89.5 Å². The molecule has 4 aromatic rings. The van der Waals surface area contributed by atoms with Crippen LogP contribution in [0.15, 0.2) is 72.0 Å². The standard InChI is InChI=1S/C31H28F4N6O3S/c1-18(2)24-11-4-19(3)14-26(24)41-27(42)16-45-30(41)38-29(43)36-13-12-20-5-6-21(15-25(20)32)28-37-17-40(39-28)22-7-9-23(10-8-22)44-31(33,34)35/h4-11,14-15,17-18H,12-13,16H2,1-3H3,(H,36,43)/b38-30-. The number of benzene rings is 3. The second kappa shape index (κ2) is 13.1. The monoisotopic (exact) mass is 640 g/mol. The van der Waals surface area contributed by atoms with Gasteiger partial charge in [-0.1, -0.05) is 49.9 Å². The van der Waals surface area contributed by atoms with Crippen molar-refractivity contribution in [2.45, 2.75) is 39.5 Å². The van der Waals surface area contributed by atoms with E-state index in [9.17, 15) is 27.2 Å². The molecule has 1 aliphatic heterocycles. The van der Waals surface area contributed by atoms with Crippen LogP contribution in [0, 0.1) is 12.7 Å². The molecule has 1 aliphatic rings. The molecule has 9 nitrogen and oxygen atoms in total. The Kier molecular flexibility index (Phi) is 9.23. The quantitative estimate of drug-likeness (QED) is 0.213. The summed E-state index contributed by atoms with van der Waals surface area (Å²) < 4.78 is 57.4. The lowest BCUT2D eigenvalue weighted by Gasteiger charge is -2.22. The Hall–Kier alpha value is -4.72. The van der Waals surface area contributed by atoms with Crippen LogP contribution in [0.1, 0.15) is 36.5 Å². The highest BCUT2D eigenvalue weighted by molar-refractivity contribution is 8.15. The molecule has 3 amide bonds. The average Bonchev–Trinajstić information content (AvgIpc) is 3.60. The number of nitrogens with zero attached hydrogens (tertiary/aromatic N) is 5. The molecule has 0 atom stereocenters. The number of nitrogens with one attached hydrogen (secondary N) is 1. The van der Waals surface area contributed by atoms with E-state index in [1.165, 1.54) is 45.9 Å². The first-order valence-electron chi connectivity index (χ1n) is 13.9. The van der Waals surface area contributed by atoms with Crippen molar-refractivity contribution >= 4 is 34.6 Å². The fourth-order valence-corrected chi connectivity index (χ4v) is 5.52. The van der Waals surface area contributed by atoms with E-state index in [0.29, 0.717) is 22.5 Å². The number of ether oxygens (including phenoxy) is 1. The Labute approximate surface area is 260 Å². The minimum Gasteiger partial charge on any atom is -0.406 e. The molecule has 1 fully saturated rings. The molecule has 1 N–H and O–H groups in total. The fraction of sp³-hybridized carbons (Fsp3) is 0.258. The number of carbonyl (C=O) groups excluding carboxylic acids is 2. The van der Waals surface area contributed by atoms with Crippen molar-refractivity contribution in [3.63, 3.8) is 0 Å². The SMILES string of the molecule is Cc1ccc(C(C)C)c(N2C(=O)CS/C2=N\C(=O)NCCc2ccc(-c3ncn(-c4ccc(OC(F)(F)F)cc4)n3)cc2F)c1. The minimum atomic E-state index is -4.80. The Morgan fingerprint density at radius 3 is 2.56 bits per heavy atom. The molecule has 0 aliphatic carbocycles. The van der Waals surface area contributed by atoms with E-state index in [1.54, 1.807) is 12.1 Å². The molecule has 0 bridgehead atoms. The van der Waals surface area contributed by atoms with Gasteiger partial charge in [-0.25, -0.2) is 18.9 Å². The predicted molar refractivity (Wildman–Crippen MR) is 163 cm³/mol. The second-order valence-electron chi connectivity index (χ2n) is 10.5. The van der Waals surface area contributed by atoms with Crippen LogP contribution in [0.25, 0.3) is 17.1 Å². The highest BCUT2D eigenvalue weighted by atomic mass is 32.2. The minimum absolute atomic E-state index is 0.104. The van der Waals surface area contributed by atoms with Crippen LogP contribution in [-0.4, -0.2) is 50.5 Å². The van der Waals surface area contributed by atoms with Crippen molar-refractivity contribution in [2.24, 2.45) is 4.99 Å². The third kappa shape index (κ3) is 7.69. The molecular weight excluding hydrogens is 612 g/mol. The summed E-state index contributed by atoms with van der Waals surface area (Å²) in [7, 11) is 0. The summed E-state index contributed by atoms with van der Waals surface area (Å²) in [6, 6.07) is 14.8. The lowest BCUT2D eigenvalue weighted by atomic mass is 9.99. The van der Waals surface area contributed by atoms with E-state index < -0.39 is 18.2 Å². The lowest BCUT2D eigenvalue weighted by Crippen LogP contribution is -2.32. The number of carbonyl (C=O) groups is 2. The molecular formula is C31H28F4N6O3S. The van der Waals surface area contributed by atoms with Gasteiger partial charge in [-0.3, -0.25) is 9.69 Å². The molecule has 2 heterocycles. The Morgan fingerprint density at radius 2 is 1.87 bits per heavy atom. The first-order valence-corrected chi connectivity index (χ1v) is 14.9. The van der Waals surface area contributed by atoms with Gasteiger partial charge in [0.1, 0.15) is 17.9 Å². The maximum absolute atomic E-state index is 15.0. The molecule has 1 aromatic heterocycles. The normalized spacial score (nSPS) is 14.4. The predicted octanol–water partition coefficient (Wildman–Crippen LogP) is 6.79. The summed E-state index contributed by atoms with van der Waals surface area (Å²) in [5, 5.41) is 7.24. The zero-order valence-corrected chi connectivity index (χ0v) is 25.2. The smallest absolute Gasteiger partial charge is 0.406 e. The number of hydrogen-bond acceptors (Lipinski definition) is 6. The van der Waals surface area contributed by atoms with Gasteiger partial charge in [-0.2, -0.15) is 4.99 Å². The molecule has 1 saturated heterocycles.